The minimum atomic E-state index is -0.00466. The summed E-state index contributed by atoms with van der Waals surface area (Å²) in [5.74, 6) is 1.21. The third-order valence-corrected chi connectivity index (χ3v) is 4.30. The van der Waals surface area contributed by atoms with Crippen molar-refractivity contribution in [1.82, 2.24) is 19.9 Å². The van der Waals surface area contributed by atoms with Crippen LogP contribution in [0.1, 0.15) is 23.2 Å². The maximum atomic E-state index is 13.0. The Hall–Kier alpha value is -2.57. The topological polar surface area (TPSA) is 69.5 Å². The molecule has 4 rings (SSSR count). The molecule has 1 fully saturated rings. The van der Waals surface area contributed by atoms with Gasteiger partial charge in [-0.15, -0.1) is 5.10 Å². The predicted molar refractivity (Wildman–Crippen MR) is 81.5 cm³/mol. The van der Waals surface area contributed by atoms with Crippen molar-refractivity contribution < 1.29 is 14.3 Å². The lowest BCUT2D eigenvalue weighted by Crippen LogP contribution is -2.38. The minimum absolute atomic E-state index is 0.00466. The van der Waals surface area contributed by atoms with Gasteiger partial charge in [-0.3, -0.25) is 9.48 Å². The third-order valence-electron chi connectivity index (χ3n) is 4.30. The number of hydrogen-bond donors (Lipinski definition) is 0. The van der Waals surface area contributed by atoms with E-state index in [2.05, 4.69) is 10.3 Å². The van der Waals surface area contributed by atoms with Gasteiger partial charge < -0.3 is 14.4 Å². The fourth-order valence-electron chi connectivity index (χ4n) is 3.24. The van der Waals surface area contributed by atoms with Crippen LogP contribution < -0.4 is 9.47 Å². The average molecular weight is 314 g/mol. The number of aromatic nitrogens is 3. The molecule has 1 amide bonds. The molecule has 0 radical (unpaired) electrons. The monoisotopic (exact) mass is 314 g/mol. The number of rotatable bonds is 3. The molecule has 2 aromatic rings. The molecule has 0 unspecified atom stereocenters. The van der Waals surface area contributed by atoms with Gasteiger partial charge in [-0.2, -0.15) is 0 Å². The smallest absolute Gasteiger partial charge is 0.258 e. The number of carbonyl (C=O) groups excluding carboxylic acids is 1. The highest BCUT2D eigenvalue weighted by atomic mass is 16.6. The van der Waals surface area contributed by atoms with Gasteiger partial charge in [0.2, 0.25) is 0 Å². The highest BCUT2D eigenvalue weighted by Gasteiger charge is 2.32. The van der Waals surface area contributed by atoms with Gasteiger partial charge in [-0.05, 0) is 25.0 Å². The summed E-state index contributed by atoms with van der Waals surface area (Å²) in [7, 11) is 0. The van der Waals surface area contributed by atoms with Gasteiger partial charge in [0.1, 0.15) is 13.2 Å². The molecule has 0 N–H and O–H groups in total. The van der Waals surface area contributed by atoms with Crippen LogP contribution in [0.5, 0.6) is 11.5 Å². The Morgan fingerprint density at radius 1 is 1.30 bits per heavy atom. The van der Waals surface area contributed by atoms with Gasteiger partial charge >= 0.3 is 0 Å². The number of nitrogens with zero attached hydrogens (tertiary/aromatic N) is 4. The Balaban J connectivity index is 1.58. The minimum Gasteiger partial charge on any atom is -0.486 e. The fourth-order valence-corrected chi connectivity index (χ4v) is 3.24. The highest BCUT2D eigenvalue weighted by molar-refractivity contribution is 5.98. The number of fused-ring (bicyclic) bond motifs is 1. The van der Waals surface area contributed by atoms with Crippen LogP contribution in [0.2, 0.25) is 0 Å². The fraction of sp³-hybridized carbons (Fsp3) is 0.438. The van der Waals surface area contributed by atoms with Crippen LogP contribution in [-0.2, 0) is 6.54 Å². The predicted octanol–water partition coefficient (Wildman–Crippen LogP) is 1.35. The van der Waals surface area contributed by atoms with Crippen LogP contribution in [0.3, 0.4) is 0 Å². The second-order valence-electron chi connectivity index (χ2n) is 5.75. The zero-order chi connectivity index (χ0) is 15.6. The van der Waals surface area contributed by atoms with Crippen molar-refractivity contribution in [1.29, 1.82) is 0 Å². The first-order valence-corrected chi connectivity index (χ1v) is 7.86. The summed E-state index contributed by atoms with van der Waals surface area (Å²) in [5.41, 5.74) is 0.577. The van der Waals surface area contributed by atoms with E-state index in [1.54, 1.807) is 16.9 Å². The molecule has 23 heavy (non-hydrogen) atoms. The number of likely N-dealkylation sites (tertiary alicyclic amines) is 1. The van der Waals surface area contributed by atoms with E-state index in [1.807, 2.05) is 23.2 Å². The normalized spacial score (nSPS) is 19.8. The largest absolute Gasteiger partial charge is 0.486 e. The molecule has 1 saturated heterocycles. The molecule has 1 aromatic heterocycles. The molecule has 120 valence electrons. The number of para-hydroxylation sites is 1. The summed E-state index contributed by atoms with van der Waals surface area (Å²) in [6, 6.07) is 5.61. The molecule has 0 bridgehead atoms. The molecule has 2 aliphatic rings. The van der Waals surface area contributed by atoms with E-state index in [0.29, 0.717) is 36.8 Å². The summed E-state index contributed by atoms with van der Waals surface area (Å²) < 4.78 is 13.0. The first kappa shape index (κ1) is 14.0. The first-order chi connectivity index (χ1) is 11.3. The lowest BCUT2D eigenvalue weighted by Gasteiger charge is -2.27. The Labute approximate surface area is 133 Å². The molecular weight excluding hydrogens is 296 g/mol. The molecule has 7 nitrogen and oxygen atoms in total. The Bertz CT molecular complexity index is 701. The lowest BCUT2D eigenvalue weighted by atomic mass is 10.1. The number of benzene rings is 1. The lowest BCUT2D eigenvalue weighted by molar-refractivity contribution is 0.0711. The van der Waals surface area contributed by atoms with E-state index < -0.39 is 0 Å². The molecule has 0 saturated carbocycles. The molecule has 0 spiro atoms. The average Bonchev–Trinajstić information content (AvgIpc) is 3.26. The first-order valence-electron chi connectivity index (χ1n) is 7.86. The van der Waals surface area contributed by atoms with Crippen LogP contribution in [0.4, 0.5) is 0 Å². The molecule has 2 aliphatic heterocycles. The van der Waals surface area contributed by atoms with Gasteiger partial charge in [0.25, 0.3) is 5.91 Å². The standard InChI is InChI=1S/C16H18N4O3/c21-16(13-4-1-5-14-15(13)23-10-9-22-14)20-7-2-3-12(20)11-19-8-6-17-18-19/h1,4-6,8,12H,2-3,7,9-11H2/t12-/m0/s1. The van der Waals surface area contributed by atoms with Crippen LogP contribution in [0, 0.1) is 0 Å². The van der Waals surface area contributed by atoms with Gasteiger partial charge in [-0.25, -0.2) is 0 Å². The van der Waals surface area contributed by atoms with E-state index in [0.717, 1.165) is 19.4 Å². The van der Waals surface area contributed by atoms with Crippen molar-refractivity contribution in [3.8, 4) is 11.5 Å². The quantitative estimate of drug-likeness (QED) is 0.855. The van der Waals surface area contributed by atoms with Crippen molar-refractivity contribution in [3.05, 3.63) is 36.2 Å². The number of ether oxygens (including phenoxy) is 2. The molecular formula is C16H18N4O3. The summed E-state index contributed by atoms with van der Waals surface area (Å²) in [6.45, 7) is 2.41. The van der Waals surface area contributed by atoms with Crippen molar-refractivity contribution >= 4 is 5.91 Å². The van der Waals surface area contributed by atoms with E-state index in [-0.39, 0.29) is 11.9 Å². The number of carbonyl (C=O) groups is 1. The molecule has 1 aromatic carbocycles. The van der Waals surface area contributed by atoms with E-state index in [9.17, 15) is 4.79 Å². The second-order valence-corrected chi connectivity index (χ2v) is 5.75. The summed E-state index contributed by atoms with van der Waals surface area (Å²) >= 11 is 0. The zero-order valence-electron chi connectivity index (χ0n) is 12.7. The summed E-state index contributed by atoms with van der Waals surface area (Å²) in [5, 5.41) is 7.82. The van der Waals surface area contributed by atoms with Crippen LogP contribution >= 0.6 is 0 Å². The Morgan fingerprint density at radius 3 is 3.09 bits per heavy atom. The molecule has 1 atom stereocenters. The number of amides is 1. The maximum Gasteiger partial charge on any atom is 0.258 e. The zero-order valence-corrected chi connectivity index (χ0v) is 12.7. The molecule has 7 heteroatoms. The Kier molecular flexibility index (Phi) is 3.61. The Morgan fingerprint density at radius 2 is 2.22 bits per heavy atom. The van der Waals surface area contributed by atoms with E-state index in [1.165, 1.54) is 0 Å². The third kappa shape index (κ3) is 2.62. The van der Waals surface area contributed by atoms with Gasteiger partial charge in [0, 0.05) is 12.7 Å². The van der Waals surface area contributed by atoms with Gasteiger partial charge in [0.05, 0.1) is 24.3 Å². The van der Waals surface area contributed by atoms with Gasteiger partial charge in [-0.1, -0.05) is 11.3 Å². The van der Waals surface area contributed by atoms with Crippen LogP contribution in [0.15, 0.2) is 30.6 Å². The second kappa shape index (κ2) is 5.91. The number of hydrogen-bond acceptors (Lipinski definition) is 5. The summed E-state index contributed by atoms with van der Waals surface area (Å²) in [4.78, 5) is 14.9. The van der Waals surface area contributed by atoms with E-state index >= 15 is 0 Å². The molecule has 3 heterocycles. The van der Waals surface area contributed by atoms with Gasteiger partial charge in [0.15, 0.2) is 11.5 Å². The van der Waals surface area contributed by atoms with Crippen molar-refractivity contribution in [2.75, 3.05) is 19.8 Å². The van der Waals surface area contributed by atoms with Crippen molar-refractivity contribution in [2.45, 2.75) is 25.4 Å². The highest BCUT2D eigenvalue weighted by Crippen LogP contribution is 2.35. The van der Waals surface area contributed by atoms with Crippen molar-refractivity contribution in [2.24, 2.45) is 0 Å². The van der Waals surface area contributed by atoms with Crippen molar-refractivity contribution in [3.63, 3.8) is 0 Å². The summed E-state index contributed by atoms with van der Waals surface area (Å²) in [6.07, 6.45) is 5.44. The molecule has 0 aliphatic carbocycles. The maximum absolute atomic E-state index is 13.0. The van der Waals surface area contributed by atoms with Crippen LogP contribution in [-0.4, -0.2) is 51.6 Å². The van der Waals surface area contributed by atoms with E-state index in [4.69, 9.17) is 9.47 Å². The SMILES string of the molecule is O=C(c1cccc2c1OCCO2)N1CCC[C@H]1Cn1ccnn1. The van der Waals surface area contributed by atoms with Crippen LogP contribution in [0.25, 0.3) is 0 Å².